The van der Waals surface area contributed by atoms with Gasteiger partial charge in [-0.25, -0.2) is 0 Å². The van der Waals surface area contributed by atoms with Crippen LogP contribution in [0.1, 0.15) is 32.6 Å². The first kappa shape index (κ1) is 11.9. The molecule has 0 atom stereocenters. The zero-order valence-corrected chi connectivity index (χ0v) is 9.56. The number of alkyl halides is 1. The van der Waals surface area contributed by atoms with Gasteiger partial charge in [0.05, 0.1) is 0 Å². The van der Waals surface area contributed by atoms with Gasteiger partial charge in [-0.2, -0.15) is 0 Å². The van der Waals surface area contributed by atoms with Crippen LogP contribution >= 0.6 is 15.9 Å². The second kappa shape index (κ2) is 7.59. The Morgan fingerprint density at radius 3 is 2.58 bits per heavy atom. The normalized spacial score (nSPS) is 9.92. The van der Waals surface area contributed by atoms with Gasteiger partial charge in [-0.05, 0) is 6.42 Å². The van der Waals surface area contributed by atoms with Crippen molar-refractivity contribution in [3.8, 4) is 0 Å². The quantitative estimate of drug-likeness (QED) is 0.512. The molecule has 0 aromatic carbocycles. The Bertz CT molecular complexity index is 128. The van der Waals surface area contributed by atoms with Crippen LogP contribution in [0.25, 0.3) is 0 Å². The molecule has 0 aliphatic heterocycles. The fourth-order valence-electron chi connectivity index (χ4n) is 0.969. The van der Waals surface area contributed by atoms with Crippen molar-refractivity contribution in [3.05, 3.63) is 0 Å². The maximum absolute atomic E-state index is 11.3. The molecule has 0 radical (unpaired) electrons. The van der Waals surface area contributed by atoms with Crippen LogP contribution in [0.5, 0.6) is 0 Å². The average Bonchev–Trinajstić information content (AvgIpc) is 2.05. The highest BCUT2D eigenvalue weighted by Gasteiger charge is 2.05. The molecule has 0 aromatic rings. The summed E-state index contributed by atoms with van der Waals surface area (Å²) < 4.78 is 0. The van der Waals surface area contributed by atoms with E-state index in [1.54, 1.807) is 4.90 Å². The first-order chi connectivity index (χ1) is 5.72. The van der Waals surface area contributed by atoms with Crippen molar-refractivity contribution < 1.29 is 4.79 Å². The lowest BCUT2D eigenvalue weighted by Crippen LogP contribution is -2.28. The van der Waals surface area contributed by atoms with Crippen LogP contribution < -0.4 is 0 Å². The molecule has 0 fully saturated rings. The number of nitrogens with zero attached hydrogens (tertiary/aromatic N) is 1. The highest BCUT2D eigenvalue weighted by molar-refractivity contribution is 9.09. The van der Waals surface area contributed by atoms with Crippen molar-refractivity contribution in [2.24, 2.45) is 0 Å². The van der Waals surface area contributed by atoms with Crippen molar-refractivity contribution >= 4 is 21.8 Å². The fourth-order valence-corrected chi connectivity index (χ4v) is 1.50. The van der Waals surface area contributed by atoms with Gasteiger partial charge in [0.2, 0.25) is 5.91 Å². The van der Waals surface area contributed by atoms with Gasteiger partial charge in [0.1, 0.15) is 0 Å². The molecule has 12 heavy (non-hydrogen) atoms. The van der Waals surface area contributed by atoms with Crippen LogP contribution in [-0.4, -0.2) is 29.7 Å². The van der Waals surface area contributed by atoms with Crippen LogP contribution in [0.4, 0.5) is 0 Å². The molecule has 0 spiro atoms. The minimum atomic E-state index is 0.267. The number of hydrogen-bond donors (Lipinski definition) is 0. The zero-order chi connectivity index (χ0) is 9.40. The molecule has 0 heterocycles. The van der Waals surface area contributed by atoms with E-state index in [0.717, 1.165) is 24.7 Å². The minimum Gasteiger partial charge on any atom is -0.345 e. The molecule has 0 saturated carbocycles. The Hall–Kier alpha value is -0.0500. The second-order valence-electron chi connectivity index (χ2n) is 2.96. The van der Waals surface area contributed by atoms with E-state index in [1.165, 1.54) is 6.42 Å². The van der Waals surface area contributed by atoms with Gasteiger partial charge in [0.25, 0.3) is 0 Å². The molecule has 0 bridgehead atoms. The second-order valence-corrected chi connectivity index (χ2v) is 3.75. The van der Waals surface area contributed by atoms with Gasteiger partial charge in [-0.3, -0.25) is 4.79 Å². The standard InChI is InChI=1S/C9H18BrNO/c1-3-4-5-6-9(12)11(2)8-7-10/h3-8H2,1-2H3. The van der Waals surface area contributed by atoms with Crippen molar-refractivity contribution in [1.29, 1.82) is 0 Å². The summed E-state index contributed by atoms with van der Waals surface area (Å²) in [6.45, 7) is 2.96. The summed E-state index contributed by atoms with van der Waals surface area (Å²) in [5.41, 5.74) is 0. The molecule has 0 aliphatic carbocycles. The first-order valence-electron chi connectivity index (χ1n) is 4.52. The maximum Gasteiger partial charge on any atom is 0.222 e. The lowest BCUT2D eigenvalue weighted by Gasteiger charge is -2.14. The summed E-state index contributed by atoms with van der Waals surface area (Å²) >= 11 is 3.31. The number of halogens is 1. The number of amides is 1. The van der Waals surface area contributed by atoms with Crippen LogP contribution in [0, 0.1) is 0 Å². The van der Waals surface area contributed by atoms with E-state index in [2.05, 4.69) is 22.9 Å². The third-order valence-corrected chi connectivity index (χ3v) is 2.19. The van der Waals surface area contributed by atoms with Gasteiger partial charge in [-0.1, -0.05) is 35.7 Å². The number of carbonyl (C=O) groups is 1. The van der Waals surface area contributed by atoms with Crippen LogP contribution in [0.15, 0.2) is 0 Å². The predicted octanol–water partition coefficient (Wildman–Crippen LogP) is 2.42. The van der Waals surface area contributed by atoms with Crippen molar-refractivity contribution in [2.75, 3.05) is 18.9 Å². The van der Waals surface area contributed by atoms with Crippen molar-refractivity contribution in [1.82, 2.24) is 4.90 Å². The lowest BCUT2D eigenvalue weighted by atomic mass is 10.2. The Morgan fingerprint density at radius 2 is 2.08 bits per heavy atom. The molecule has 0 rings (SSSR count). The third-order valence-electron chi connectivity index (χ3n) is 1.84. The molecule has 0 unspecified atom stereocenters. The molecule has 2 nitrogen and oxygen atoms in total. The third kappa shape index (κ3) is 5.58. The van der Waals surface area contributed by atoms with Gasteiger partial charge in [0, 0.05) is 25.3 Å². The number of rotatable bonds is 6. The molecule has 0 N–H and O–H groups in total. The fraction of sp³-hybridized carbons (Fsp3) is 0.889. The average molecular weight is 236 g/mol. The monoisotopic (exact) mass is 235 g/mol. The van der Waals surface area contributed by atoms with E-state index in [-0.39, 0.29) is 5.91 Å². The Labute approximate surface area is 83.4 Å². The lowest BCUT2D eigenvalue weighted by molar-refractivity contribution is -0.129. The van der Waals surface area contributed by atoms with Crippen molar-refractivity contribution in [3.63, 3.8) is 0 Å². The van der Waals surface area contributed by atoms with Crippen molar-refractivity contribution in [2.45, 2.75) is 32.6 Å². The minimum absolute atomic E-state index is 0.267. The summed E-state index contributed by atoms with van der Waals surface area (Å²) in [5.74, 6) is 0.267. The summed E-state index contributed by atoms with van der Waals surface area (Å²) in [6, 6.07) is 0. The maximum atomic E-state index is 11.3. The summed E-state index contributed by atoms with van der Waals surface area (Å²) in [6.07, 6.45) is 4.07. The van der Waals surface area contributed by atoms with E-state index < -0.39 is 0 Å². The van der Waals surface area contributed by atoms with E-state index in [0.29, 0.717) is 6.42 Å². The summed E-state index contributed by atoms with van der Waals surface area (Å²) in [4.78, 5) is 13.1. The molecule has 0 aliphatic rings. The van der Waals surface area contributed by atoms with Gasteiger partial charge in [0.15, 0.2) is 0 Å². The SMILES string of the molecule is CCCCCC(=O)N(C)CCBr. The van der Waals surface area contributed by atoms with E-state index >= 15 is 0 Å². The molecule has 3 heteroatoms. The Kier molecular flexibility index (Phi) is 7.56. The molecular weight excluding hydrogens is 218 g/mol. The molecule has 0 aromatic heterocycles. The van der Waals surface area contributed by atoms with Gasteiger partial charge in [-0.15, -0.1) is 0 Å². The number of unbranched alkanes of at least 4 members (excludes halogenated alkanes) is 2. The molecule has 72 valence electrons. The van der Waals surface area contributed by atoms with Crippen LogP contribution in [0.2, 0.25) is 0 Å². The van der Waals surface area contributed by atoms with Gasteiger partial charge < -0.3 is 4.90 Å². The Morgan fingerprint density at radius 1 is 1.42 bits per heavy atom. The first-order valence-corrected chi connectivity index (χ1v) is 5.64. The zero-order valence-electron chi connectivity index (χ0n) is 7.98. The topological polar surface area (TPSA) is 20.3 Å². The van der Waals surface area contributed by atoms with E-state index in [9.17, 15) is 4.79 Å². The molecular formula is C9H18BrNO. The Balaban J connectivity index is 3.43. The number of hydrogen-bond acceptors (Lipinski definition) is 1. The van der Waals surface area contributed by atoms with Crippen LogP contribution in [0.3, 0.4) is 0 Å². The smallest absolute Gasteiger partial charge is 0.222 e. The summed E-state index contributed by atoms with van der Waals surface area (Å²) in [7, 11) is 1.86. The molecule has 0 saturated heterocycles. The van der Waals surface area contributed by atoms with Gasteiger partial charge >= 0.3 is 0 Å². The molecule has 1 amide bonds. The summed E-state index contributed by atoms with van der Waals surface area (Å²) in [5, 5.41) is 0.864. The van der Waals surface area contributed by atoms with E-state index in [1.807, 2.05) is 7.05 Å². The number of carbonyl (C=O) groups excluding carboxylic acids is 1. The highest BCUT2D eigenvalue weighted by Crippen LogP contribution is 2.01. The van der Waals surface area contributed by atoms with E-state index in [4.69, 9.17) is 0 Å². The largest absolute Gasteiger partial charge is 0.345 e. The van der Waals surface area contributed by atoms with Crippen LogP contribution in [-0.2, 0) is 4.79 Å². The highest BCUT2D eigenvalue weighted by atomic mass is 79.9. The predicted molar refractivity (Wildman–Crippen MR) is 55.6 cm³/mol.